The summed E-state index contributed by atoms with van der Waals surface area (Å²) in [6, 6.07) is 0. The number of sulfonamides is 1. The van der Waals surface area contributed by atoms with E-state index in [4.69, 9.17) is 0 Å². The van der Waals surface area contributed by atoms with Crippen molar-refractivity contribution in [3.8, 4) is 0 Å². The van der Waals surface area contributed by atoms with E-state index in [0.29, 0.717) is 25.9 Å². The maximum atomic E-state index is 12.8. The Morgan fingerprint density at radius 3 is 2.53 bits per heavy atom. The van der Waals surface area contributed by atoms with Crippen molar-refractivity contribution in [1.29, 1.82) is 0 Å². The van der Waals surface area contributed by atoms with Crippen molar-refractivity contribution in [1.82, 2.24) is 4.31 Å². The van der Waals surface area contributed by atoms with Gasteiger partial charge in [0.15, 0.2) is 0 Å². The fourth-order valence-corrected chi connectivity index (χ4v) is 5.28. The topological polar surface area (TPSA) is 54.5 Å². The van der Waals surface area contributed by atoms with Gasteiger partial charge in [-0.3, -0.25) is 4.79 Å². The largest absolute Gasteiger partial charge is 0.300 e. The van der Waals surface area contributed by atoms with Crippen LogP contribution >= 0.6 is 15.9 Å². The van der Waals surface area contributed by atoms with Gasteiger partial charge in [0.2, 0.25) is 10.0 Å². The Labute approximate surface area is 122 Å². The molecule has 0 saturated carbocycles. The standard InChI is InChI=1S/C13H18BrNO3S/c1-10-12(14)4-3-7-13(10,2)19(17,18)15-8-5-11(16)6-9-15/h3-4,7,10H,5-6,8-9H2,1-2H3. The molecule has 19 heavy (non-hydrogen) atoms. The summed E-state index contributed by atoms with van der Waals surface area (Å²) >= 11 is 3.43. The van der Waals surface area contributed by atoms with Crippen molar-refractivity contribution in [3.05, 3.63) is 22.7 Å². The van der Waals surface area contributed by atoms with E-state index in [1.54, 1.807) is 19.1 Å². The summed E-state index contributed by atoms with van der Waals surface area (Å²) in [4.78, 5) is 11.3. The summed E-state index contributed by atoms with van der Waals surface area (Å²) in [5.41, 5.74) is 0. The molecule has 1 heterocycles. The number of Topliss-reactive ketones (excluding diaryl/α,β-unsaturated/α-hetero) is 1. The molecule has 106 valence electrons. The van der Waals surface area contributed by atoms with E-state index in [-0.39, 0.29) is 11.7 Å². The summed E-state index contributed by atoms with van der Waals surface area (Å²) in [5, 5.41) is 0. The first-order valence-corrected chi connectivity index (χ1v) is 8.58. The third-order valence-electron chi connectivity index (χ3n) is 4.13. The van der Waals surface area contributed by atoms with Crippen LogP contribution in [-0.4, -0.2) is 36.3 Å². The molecule has 0 N–H and O–H groups in total. The number of allylic oxidation sites excluding steroid dienone is 3. The van der Waals surface area contributed by atoms with Crippen LogP contribution in [0.5, 0.6) is 0 Å². The van der Waals surface area contributed by atoms with Crippen LogP contribution < -0.4 is 0 Å². The first-order chi connectivity index (χ1) is 8.79. The minimum atomic E-state index is -3.47. The smallest absolute Gasteiger partial charge is 0.223 e. The monoisotopic (exact) mass is 347 g/mol. The number of hydrogen-bond donors (Lipinski definition) is 0. The fraction of sp³-hybridized carbons (Fsp3) is 0.615. The van der Waals surface area contributed by atoms with Crippen LogP contribution in [0.2, 0.25) is 0 Å². The van der Waals surface area contributed by atoms with Crippen LogP contribution in [0, 0.1) is 5.92 Å². The molecule has 4 nitrogen and oxygen atoms in total. The van der Waals surface area contributed by atoms with Crippen molar-refractivity contribution in [2.75, 3.05) is 13.1 Å². The van der Waals surface area contributed by atoms with Crippen LogP contribution in [0.25, 0.3) is 0 Å². The Balaban J connectivity index is 2.32. The molecule has 1 saturated heterocycles. The number of halogens is 1. The fourth-order valence-electron chi connectivity index (χ4n) is 2.46. The van der Waals surface area contributed by atoms with Gasteiger partial charge in [-0.25, -0.2) is 12.7 Å². The molecule has 6 heteroatoms. The van der Waals surface area contributed by atoms with Gasteiger partial charge in [-0.05, 0) is 11.4 Å². The number of piperidine rings is 1. The molecule has 0 aromatic carbocycles. The van der Waals surface area contributed by atoms with Gasteiger partial charge in [-0.1, -0.05) is 41.1 Å². The number of nitrogens with zero attached hydrogens (tertiary/aromatic N) is 1. The SMILES string of the molecule is CC1C(Br)=CC=CC1(C)S(=O)(=O)N1CCC(=O)CC1. The normalized spacial score (nSPS) is 33.3. The Morgan fingerprint density at radius 1 is 1.37 bits per heavy atom. The van der Waals surface area contributed by atoms with Gasteiger partial charge in [-0.2, -0.15) is 0 Å². The molecule has 2 unspecified atom stereocenters. The van der Waals surface area contributed by atoms with Crippen LogP contribution in [-0.2, 0) is 14.8 Å². The molecule has 2 atom stereocenters. The molecule has 0 spiro atoms. The maximum Gasteiger partial charge on any atom is 0.223 e. The average molecular weight is 348 g/mol. The zero-order chi connectivity index (χ0) is 14.3. The molecule has 2 rings (SSSR count). The second-order valence-electron chi connectivity index (χ2n) is 5.26. The van der Waals surface area contributed by atoms with Crippen LogP contribution in [0.3, 0.4) is 0 Å². The molecule has 0 radical (unpaired) electrons. The van der Waals surface area contributed by atoms with Crippen molar-refractivity contribution in [2.24, 2.45) is 5.92 Å². The lowest BCUT2D eigenvalue weighted by Crippen LogP contribution is -2.52. The highest BCUT2D eigenvalue weighted by molar-refractivity contribution is 9.11. The molecule has 0 amide bonds. The van der Waals surface area contributed by atoms with Crippen LogP contribution in [0.15, 0.2) is 22.7 Å². The molecule has 2 aliphatic rings. The van der Waals surface area contributed by atoms with Crippen molar-refractivity contribution >= 4 is 31.7 Å². The van der Waals surface area contributed by atoms with Gasteiger partial charge in [0.25, 0.3) is 0 Å². The highest BCUT2D eigenvalue weighted by Crippen LogP contribution is 2.40. The van der Waals surface area contributed by atoms with E-state index in [0.717, 1.165) is 4.48 Å². The molecule has 1 aliphatic heterocycles. The number of carbonyl (C=O) groups is 1. The molecular formula is C13H18BrNO3S. The van der Waals surface area contributed by atoms with E-state index in [1.807, 2.05) is 13.0 Å². The van der Waals surface area contributed by atoms with Gasteiger partial charge in [0, 0.05) is 31.8 Å². The third-order valence-corrected chi connectivity index (χ3v) is 7.73. The van der Waals surface area contributed by atoms with Gasteiger partial charge in [0.05, 0.1) is 0 Å². The van der Waals surface area contributed by atoms with E-state index in [9.17, 15) is 13.2 Å². The summed E-state index contributed by atoms with van der Waals surface area (Å²) in [7, 11) is -3.47. The van der Waals surface area contributed by atoms with Gasteiger partial charge >= 0.3 is 0 Å². The van der Waals surface area contributed by atoms with Crippen molar-refractivity contribution in [2.45, 2.75) is 31.4 Å². The predicted octanol–water partition coefficient (Wildman–Crippen LogP) is 2.22. The quantitative estimate of drug-likeness (QED) is 0.769. The van der Waals surface area contributed by atoms with E-state index < -0.39 is 14.8 Å². The minimum absolute atomic E-state index is 0.139. The molecule has 1 fully saturated rings. The summed E-state index contributed by atoms with van der Waals surface area (Å²) < 4.78 is 27.1. The van der Waals surface area contributed by atoms with Crippen LogP contribution in [0.4, 0.5) is 0 Å². The third kappa shape index (κ3) is 2.45. The zero-order valence-corrected chi connectivity index (χ0v) is 13.5. The first kappa shape index (κ1) is 14.9. The number of rotatable bonds is 2. The van der Waals surface area contributed by atoms with E-state index >= 15 is 0 Å². The summed E-state index contributed by atoms with van der Waals surface area (Å²) in [6.07, 6.45) is 6.04. The van der Waals surface area contributed by atoms with E-state index in [2.05, 4.69) is 15.9 Å². The number of hydrogen-bond acceptors (Lipinski definition) is 3. The maximum absolute atomic E-state index is 12.8. The highest BCUT2D eigenvalue weighted by Gasteiger charge is 2.47. The lowest BCUT2D eigenvalue weighted by molar-refractivity contribution is -0.120. The molecule has 0 aromatic heterocycles. The highest BCUT2D eigenvalue weighted by atomic mass is 79.9. The predicted molar refractivity (Wildman–Crippen MR) is 78.5 cm³/mol. The van der Waals surface area contributed by atoms with Crippen LogP contribution in [0.1, 0.15) is 26.7 Å². The van der Waals surface area contributed by atoms with Gasteiger partial charge in [0.1, 0.15) is 10.5 Å². The Hall–Kier alpha value is -0.460. The molecule has 1 aliphatic carbocycles. The van der Waals surface area contributed by atoms with Crippen molar-refractivity contribution < 1.29 is 13.2 Å². The Kier molecular flexibility index (Phi) is 4.05. The lowest BCUT2D eigenvalue weighted by Gasteiger charge is -2.39. The van der Waals surface area contributed by atoms with Gasteiger partial charge < -0.3 is 0 Å². The summed E-state index contributed by atoms with van der Waals surface area (Å²) in [5.74, 6) is 0.00467. The average Bonchev–Trinajstić information content (AvgIpc) is 2.36. The minimum Gasteiger partial charge on any atom is -0.300 e. The first-order valence-electron chi connectivity index (χ1n) is 6.35. The number of carbonyl (C=O) groups excluding carboxylic acids is 1. The number of ketones is 1. The van der Waals surface area contributed by atoms with Gasteiger partial charge in [-0.15, -0.1) is 0 Å². The molecule has 0 aromatic rings. The second kappa shape index (κ2) is 5.14. The Bertz CT molecular complexity index is 542. The summed E-state index contributed by atoms with van der Waals surface area (Å²) in [6.45, 7) is 4.25. The Morgan fingerprint density at radius 2 is 1.95 bits per heavy atom. The lowest BCUT2D eigenvalue weighted by atomic mass is 9.91. The molecular weight excluding hydrogens is 330 g/mol. The zero-order valence-electron chi connectivity index (χ0n) is 11.1. The van der Waals surface area contributed by atoms with E-state index in [1.165, 1.54) is 4.31 Å². The van der Waals surface area contributed by atoms with Crippen molar-refractivity contribution in [3.63, 3.8) is 0 Å². The second-order valence-corrected chi connectivity index (χ2v) is 8.52. The molecule has 0 bridgehead atoms.